The van der Waals surface area contributed by atoms with Crippen molar-refractivity contribution >= 4 is 12.0 Å². The van der Waals surface area contributed by atoms with E-state index in [0.29, 0.717) is 16.9 Å². The van der Waals surface area contributed by atoms with Gasteiger partial charge < -0.3 is 4.90 Å². The molecule has 3 heteroatoms. The second-order valence-electron chi connectivity index (χ2n) is 10.3. The number of hydrogen-bond acceptors (Lipinski definition) is 2. The Labute approximate surface area is 169 Å². The minimum atomic E-state index is 0.293. The summed E-state index contributed by atoms with van der Waals surface area (Å²) in [6, 6.07) is 2.85. The zero-order chi connectivity index (χ0) is 19.5. The lowest BCUT2D eigenvalue weighted by Gasteiger charge is -2.57. The summed E-state index contributed by atoms with van der Waals surface area (Å²) >= 11 is 0. The molecule has 3 nitrogen and oxygen atoms in total. The number of aromatic nitrogens is 1. The third-order valence-corrected chi connectivity index (χ3v) is 9.36. The van der Waals surface area contributed by atoms with Crippen LogP contribution in [0.3, 0.4) is 0 Å². The Hall–Kier alpha value is -1.64. The minimum absolute atomic E-state index is 0.293. The number of likely N-dealkylation sites (tertiary alicyclic amines) is 1. The average Bonchev–Trinajstić information content (AvgIpc) is 3.24. The minimum Gasteiger partial charge on any atom is -0.342 e. The predicted octanol–water partition coefficient (Wildman–Crippen LogP) is 5.11. The number of hydrogen-bond donors (Lipinski definition) is 0. The number of allylic oxidation sites excluding steroid dienone is 2. The van der Waals surface area contributed by atoms with Crippen LogP contribution >= 0.6 is 0 Å². The number of pyridine rings is 1. The van der Waals surface area contributed by atoms with Gasteiger partial charge in [0, 0.05) is 25.0 Å². The van der Waals surface area contributed by atoms with E-state index in [1.807, 2.05) is 6.20 Å². The highest BCUT2D eigenvalue weighted by Gasteiger charge is 2.60. The van der Waals surface area contributed by atoms with Crippen molar-refractivity contribution in [3.05, 3.63) is 35.7 Å². The fourth-order valence-electron chi connectivity index (χ4n) is 7.83. The molecule has 0 bridgehead atoms. The van der Waals surface area contributed by atoms with Gasteiger partial charge in [-0.05, 0) is 96.3 Å². The van der Waals surface area contributed by atoms with Gasteiger partial charge in [0.2, 0.25) is 6.41 Å². The molecule has 0 spiro atoms. The maximum absolute atomic E-state index is 11.6. The van der Waals surface area contributed by atoms with Crippen LogP contribution in [-0.4, -0.2) is 28.9 Å². The Morgan fingerprint density at radius 3 is 2.82 bits per heavy atom. The first-order valence-electron chi connectivity index (χ1n) is 11.4. The van der Waals surface area contributed by atoms with Crippen LogP contribution in [0.5, 0.6) is 0 Å². The molecule has 4 aliphatic rings. The maximum Gasteiger partial charge on any atom is 0.209 e. The Balaban J connectivity index is 1.44. The van der Waals surface area contributed by atoms with Crippen LogP contribution in [0, 0.1) is 28.6 Å². The Kier molecular flexibility index (Phi) is 4.23. The average molecular weight is 379 g/mol. The van der Waals surface area contributed by atoms with Gasteiger partial charge in [0.15, 0.2) is 0 Å². The molecule has 1 saturated heterocycles. The third kappa shape index (κ3) is 2.40. The summed E-state index contributed by atoms with van der Waals surface area (Å²) in [4.78, 5) is 18.2. The molecule has 1 aromatic rings. The molecule has 2 heterocycles. The highest BCUT2D eigenvalue weighted by molar-refractivity contribution is 5.72. The van der Waals surface area contributed by atoms with Crippen molar-refractivity contribution in [1.82, 2.24) is 9.88 Å². The van der Waals surface area contributed by atoms with Gasteiger partial charge in [-0.2, -0.15) is 0 Å². The van der Waals surface area contributed by atoms with E-state index in [-0.39, 0.29) is 0 Å². The summed E-state index contributed by atoms with van der Waals surface area (Å²) in [7, 11) is 0. The van der Waals surface area contributed by atoms with E-state index in [4.69, 9.17) is 0 Å². The molecule has 5 rings (SSSR count). The van der Waals surface area contributed by atoms with Crippen molar-refractivity contribution in [1.29, 1.82) is 0 Å². The smallest absolute Gasteiger partial charge is 0.209 e. The quantitative estimate of drug-likeness (QED) is 0.685. The number of carbonyl (C=O) groups is 1. The second-order valence-corrected chi connectivity index (χ2v) is 10.3. The molecular weight excluding hydrogens is 344 g/mol. The first-order chi connectivity index (χ1) is 13.5. The molecule has 150 valence electrons. The zero-order valence-electron chi connectivity index (χ0n) is 17.7. The molecule has 6 atom stereocenters. The van der Waals surface area contributed by atoms with Gasteiger partial charge in [-0.3, -0.25) is 9.78 Å². The molecule has 0 aromatic carbocycles. The predicted molar refractivity (Wildman–Crippen MR) is 113 cm³/mol. The van der Waals surface area contributed by atoms with Crippen LogP contribution < -0.4 is 0 Å². The van der Waals surface area contributed by atoms with Crippen LogP contribution in [0.15, 0.2) is 24.5 Å². The van der Waals surface area contributed by atoms with Crippen molar-refractivity contribution in [3.8, 4) is 0 Å². The first kappa shape index (κ1) is 18.4. The van der Waals surface area contributed by atoms with Crippen LogP contribution in [0.4, 0.5) is 0 Å². The van der Waals surface area contributed by atoms with Gasteiger partial charge in [-0.25, -0.2) is 0 Å². The molecular formula is C25H34N2O. The molecule has 3 fully saturated rings. The van der Waals surface area contributed by atoms with Crippen LogP contribution in [0.25, 0.3) is 5.57 Å². The SMILES string of the molecule is CCc1cncc(C2=CC[C@H]3[C@@H]4CC[C@@H]5N(C=O)CC[C@]5(C)C4CC[C@]23C)c1. The third-order valence-electron chi connectivity index (χ3n) is 9.36. The van der Waals surface area contributed by atoms with Gasteiger partial charge in [-0.1, -0.05) is 26.8 Å². The lowest BCUT2D eigenvalue weighted by Crippen LogP contribution is -2.53. The second kappa shape index (κ2) is 6.43. The van der Waals surface area contributed by atoms with E-state index >= 15 is 0 Å². The van der Waals surface area contributed by atoms with Crippen LogP contribution in [0.1, 0.15) is 70.4 Å². The van der Waals surface area contributed by atoms with Crippen molar-refractivity contribution < 1.29 is 4.79 Å². The maximum atomic E-state index is 11.6. The molecule has 3 aliphatic carbocycles. The number of fused-ring (bicyclic) bond motifs is 5. The molecule has 1 amide bonds. The number of rotatable bonds is 3. The van der Waals surface area contributed by atoms with E-state index in [1.165, 1.54) is 49.7 Å². The first-order valence-corrected chi connectivity index (χ1v) is 11.4. The fourth-order valence-corrected chi connectivity index (χ4v) is 7.83. The molecule has 1 aromatic heterocycles. The zero-order valence-corrected chi connectivity index (χ0v) is 17.7. The van der Waals surface area contributed by atoms with E-state index in [9.17, 15) is 4.79 Å². The number of carbonyl (C=O) groups excluding carboxylic acids is 1. The molecule has 2 saturated carbocycles. The molecule has 0 N–H and O–H groups in total. The number of nitrogens with zero attached hydrogens (tertiary/aromatic N) is 2. The van der Waals surface area contributed by atoms with E-state index in [0.717, 1.165) is 37.1 Å². The Bertz CT molecular complexity index is 817. The Morgan fingerprint density at radius 2 is 2.04 bits per heavy atom. The van der Waals surface area contributed by atoms with E-state index in [2.05, 4.69) is 49.0 Å². The van der Waals surface area contributed by atoms with Gasteiger partial charge in [-0.15, -0.1) is 0 Å². The number of amides is 1. The summed E-state index contributed by atoms with van der Waals surface area (Å²) in [5.74, 6) is 2.35. The van der Waals surface area contributed by atoms with Crippen LogP contribution in [-0.2, 0) is 11.2 Å². The standard InChI is InChI=1S/C25H34N2O/c1-4-17-13-18(15-26-14-17)20-6-7-21-19-5-8-23-25(3,11-12-27(23)16-28)22(19)9-10-24(20,21)2/h6,13-16,19,21-23H,4-5,7-12H2,1-3H3/t19-,21-,22?,23-,24+,25+/m0/s1. The van der Waals surface area contributed by atoms with Gasteiger partial charge in [0.25, 0.3) is 0 Å². The summed E-state index contributed by atoms with van der Waals surface area (Å²) in [6.07, 6.45) is 16.3. The largest absolute Gasteiger partial charge is 0.342 e. The highest BCUT2D eigenvalue weighted by Crippen LogP contribution is 2.66. The van der Waals surface area contributed by atoms with Crippen molar-refractivity contribution in [2.24, 2.45) is 28.6 Å². The topological polar surface area (TPSA) is 33.2 Å². The van der Waals surface area contributed by atoms with Gasteiger partial charge in [0.05, 0.1) is 0 Å². The molecule has 0 radical (unpaired) electrons. The number of aryl methyl sites for hydroxylation is 1. The summed E-state index contributed by atoms with van der Waals surface area (Å²) < 4.78 is 0. The molecule has 1 unspecified atom stereocenters. The summed E-state index contributed by atoms with van der Waals surface area (Å²) in [5, 5.41) is 0. The lowest BCUT2D eigenvalue weighted by molar-refractivity contribution is -0.123. The fraction of sp³-hybridized carbons (Fsp3) is 0.680. The molecule has 28 heavy (non-hydrogen) atoms. The van der Waals surface area contributed by atoms with Gasteiger partial charge >= 0.3 is 0 Å². The van der Waals surface area contributed by atoms with Crippen molar-refractivity contribution in [3.63, 3.8) is 0 Å². The molecule has 1 aliphatic heterocycles. The van der Waals surface area contributed by atoms with Gasteiger partial charge in [0.1, 0.15) is 0 Å². The van der Waals surface area contributed by atoms with E-state index in [1.54, 1.807) is 5.57 Å². The Morgan fingerprint density at radius 1 is 1.18 bits per heavy atom. The normalized spacial score (nSPS) is 41.8. The van der Waals surface area contributed by atoms with Crippen molar-refractivity contribution in [2.45, 2.75) is 71.8 Å². The summed E-state index contributed by atoms with van der Waals surface area (Å²) in [5.41, 5.74) is 4.88. The lowest BCUT2D eigenvalue weighted by atomic mass is 9.48. The monoisotopic (exact) mass is 378 g/mol. The highest BCUT2D eigenvalue weighted by atomic mass is 16.1. The summed E-state index contributed by atoms with van der Waals surface area (Å²) in [6.45, 7) is 8.21. The van der Waals surface area contributed by atoms with E-state index < -0.39 is 0 Å². The van der Waals surface area contributed by atoms with Crippen molar-refractivity contribution in [2.75, 3.05) is 6.54 Å². The van der Waals surface area contributed by atoms with Crippen LogP contribution in [0.2, 0.25) is 0 Å².